The van der Waals surface area contributed by atoms with Crippen molar-refractivity contribution in [2.75, 3.05) is 12.8 Å². The lowest BCUT2D eigenvalue weighted by Gasteiger charge is -2.09. The van der Waals surface area contributed by atoms with Gasteiger partial charge in [-0.15, -0.1) is 0 Å². The lowest BCUT2D eigenvalue weighted by atomic mass is 10.2. The molecule has 0 amide bonds. The Kier molecular flexibility index (Phi) is 4.35. The Morgan fingerprint density at radius 1 is 1.21 bits per heavy atom. The van der Waals surface area contributed by atoms with Crippen LogP contribution in [0.5, 0.6) is 0 Å². The van der Waals surface area contributed by atoms with Crippen LogP contribution in [-0.2, 0) is 4.74 Å². The zero-order chi connectivity index (χ0) is 13.8. The minimum atomic E-state index is -0.415. The van der Waals surface area contributed by atoms with Crippen LogP contribution in [0.1, 0.15) is 10.4 Å². The van der Waals surface area contributed by atoms with Gasteiger partial charge in [-0.25, -0.2) is 4.79 Å². The summed E-state index contributed by atoms with van der Waals surface area (Å²) in [4.78, 5) is 13.4. The largest absolute Gasteiger partial charge is 0.465 e. The van der Waals surface area contributed by atoms with Gasteiger partial charge in [-0.1, -0.05) is 35.5 Å². The van der Waals surface area contributed by atoms with Crippen molar-refractivity contribution in [1.82, 2.24) is 0 Å². The van der Waals surface area contributed by atoms with E-state index < -0.39 is 5.97 Å². The molecule has 0 heterocycles. The van der Waals surface area contributed by atoms with Gasteiger partial charge in [0.2, 0.25) is 0 Å². The van der Waals surface area contributed by atoms with Gasteiger partial charge in [0, 0.05) is 15.5 Å². The van der Waals surface area contributed by atoms with E-state index in [1.165, 1.54) is 18.9 Å². The van der Waals surface area contributed by atoms with E-state index in [1.54, 1.807) is 24.3 Å². The Balaban J connectivity index is 2.40. The topological polar surface area (TPSA) is 52.3 Å². The van der Waals surface area contributed by atoms with E-state index in [9.17, 15) is 4.79 Å². The van der Waals surface area contributed by atoms with E-state index in [0.717, 1.165) is 9.79 Å². The van der Waals surface area contributed by atoms with E-state index in [0.29, 0.717) is 16.3 Å². The molecule has 2 N–H and O–H groups in total. The first-order chi connectivity index (χ1) is 9.11. The highest BCUT2D eigenvalue weighted by atomic mass is 35.5. The molecule has 0 saturated heterocycles. The zero-order valence-electron chi connectivity index (χ0n) is 10.2. The molecule has 19 heavy (non-hydrogen) atoms. The Labute approximate surface area is 120 Å². The van der Waals surface area contributed by atoms with Gasteiger partial charge in [-0.3, -0.25) is 0 Å². The van der Waals surface area contributed by atoms with Crippen molar-refractivity contribution in [3.05, 3.63) is 53.1 Å². The van der Waals surface area contributed by atoms with Crippen molar-refractivity contribution in [2.45, 2.75) is 9.79 Å². The number of anilines is 1. The van der Waals surface area contributed by atoms with Crippen molar-refractivity contribution < 1.29 is 9.53 Å². The summed E-state index contributed by atoms with van der Waals surface area (Å²) in [5.41, 5.74) is 6.66. The van der Waals surface area contributed by atoms with Gasteiger partial charge < -0.3 is 10.5 Å². The van der Waals surface area contributed by atoms with Crippen molar-refractivity contribution in [1.29, 1.82) is 0 Å². The Morgan fingerprint density at radius 2 is 1.95 bits per heavy atom. The lowest BCUT2D eigenvalue weighted by Crippen LogP contribution is -2.04. The van der Waals surface area contributed by atoms with Crippen LogP contribution >= 0.6 is 23.4 Å². The number of ether oxygens (including phenoxy) is 1. The number of carbonyl (C=O) groups excluding carboxylic acids is 1. The maximum atomic E-state index is 11.7. The molecule has 98 valence electrons. The number of hydrogen-bond acceptors (Lipinski definition) is 4. The van der Waals surface area contributed by atoms with E-state index in [2.05, 4.69) is 0 Å². The molecule has 5 heteroatoms. The molecule has 2 rings (SSSR count). The predicted octanol–water partition coefficient (Wildman–Crippen LogP) is 3.86. The Hall–Kier alpha value is -1.65. The van der Waals surface area contributed by atoms with Crippen LogP contribution in [0.2, 0.25) is 5.02 Å². The normalized spacial score (nSPS) is 10.2. The van der Waals surface area contributed by atoms with Gasteiger partial charge in [-0.05, 0) is 30.3 Å². The molecular formula is C14H12ClNO2S. The molecule has 0 atom stereocenters. The minimum absolute atomic E-state index is 0.415. The SMILES string of the molecule is COC(=O)c1cc(N)ccc1Sc1ccccc1Cl. The quantitative estimate of drug-likeness (QED) is 0.689. The fraction of sp³-hybridized carbons (Fsp3) is 0.0714. The predicted molar refractivity (Wildman–Crippen MR) is 77.8 cm³/mol. The number of nitrogens with two attached hydrogens (primary N) is 1. The molecule has 0 spiro atoms. The molecular weight excluding hydrogens is 282 g/mol. The summed E-state index contributed by atoms with van der Waals surface area (Å²) in [6, 6.07) is 12.6. The maximum Gasteiger partial charge on any atom is 0.339 e. The fourth-order valence-corrected chi connectivity index (χ4v) is 2.74. The third-order valence-corrected chi connectivity index (χ3v) is 4.06. The van der Waals surface area contributed by atoms with Gasteiger partial charge in [0.05, 0.1) is 17.7 Å². The summed E-state index contributed by atoms with van der Waals surface area (Å²) < 4.78 is 4.76. The monoisotopic (exact) mass is 293 g/mol. The maximum absolute atomic E-state index is 11.7. The van der Waals surface area contributed by atoms with Crippen LogP contribution in [0.3, 0.4) is 0 Å². The first kappa shape index (κ1) is 13.8. The van der Waals surface area contributed by atoms with Crippen molar-refractivity contribution in [3.63, 3.8) is 0 Å². The van der Waals surface area contributed by atoms with Crippen LogP contribution in [0.25, 0.3) is 0 Å². The second-order valence-corrected chi connectivity index (χ2v) is 5.27. The van der Waals surface area contributed by atoms with Gasteiger partial charge in [0.15, 0.2) is 0 Å². The van der Waals surface area contributed by atoms with Crippen molar-refractivity contribution in [3.8, 4) is 0 Å². The number of carbonyl (C=O) groups is 1. The Morgan fingerprint density at radius 3 is 2.63 bits per heavy atom. The molecule has 2 aromatic carbocycles. The molecule has 0 aliphatic rings. The van der Waals surface area contributed by atoms with E-state index in [1.807, 2.05) is 18.2 Å². The van der Waals surface area contributed by atoms with Crippen LogP contribution in [0, 0.1) is 0 Å². The molecule has 0 saturated carbocycles. The van der Waals surface area contributed by atoms with Gasteiger partial charge in [0.1, 0.15) is 0 Å². The molecule has 0 aliphatic heterocycles. The average Bonchev–Trinajstić information content (AvgIpc) is 2.42. The second kappa shape index (κ2) is 5.99. The third-order valence-electron chi connectivity index (χ3n) is 2.47. The summed E-state index contributed by atoms with van der Waals surface area (Å²) >= 11 is 7.51. The number of esters is 1. The highest BCUT2D eigenvalue weighted by molar-refractivity contribution is 7.99. The van der Waals surface area contributed by atoms with Crippen LogP contribution in [0.15, 0.2) is 52.3 Å². The first-order valence-corrected chi connectivity index (χ1v) is 6.71. The highest BCUT2D eigenvalue weighted by Crippen LogP contribution is 2.35. The number of rotatable bonds is 3. The molecule has 0 bridgehead atoms. The molecule has 0 radical (unpaired) electrons. The van der Waals surface area contributed by atoms with E-state index in [-0.39, 0.29) is 0 Å². The standard InChI is InChI=1S/C14H12ClNO2S/c1-18-14(17)10-8-9(16)6-7-12(10)19-13-5-3-2-4-11(13)15/h2-8H,16H2,1H3. The van der Waals surface area contributed by atoms with Crippen LogP contribution in [-0.4, -0.2) is 13.1 Å². The van der Waals surface area contributed by atoms with Crippen molar-refractivity contribution in [2.24, 2.45) is 0 Å². The van der Waals surface area contributed by atoms with E-state index >= 15 is 0 Å². The molecule has 0 aliphatic carbocycles. The average molecular weight is 294 g/mol. The summed E-state index contributed by atoms with van der Waals surface area (Å²) in [6.45, 7) is 0. The lowest BCUT2D eigenvalue weighted by molar-refractivity contribution is 0.0597. The minimum Gasteiger partial charge on any atom is -0.465 e. The third kappa shape index (κ3) is 3.22. The summed E-state index contributed by atoms with van der Waals surface area (Å²) in [5, 5.41) is 0.639. The number of hydrogen-bond donors (Lipinski definition) is 1. The summed E-state index contributed by atoms with van der Waals surface area (Å²) in [6.07, 6.45) is 0. The number of nitrogen functional groups attached to an aromatic ring is 1. The molecule has 2 aromatic rings. The number of benzene rings is 2. The van der Waals surface area contributed by atoms with E-state index in [4.69, 9.17) is 22.1 Å². The molecule has 0 unspecified atom stereocenters. The van der Waals surface area contributed by atoms with Crippen LogP contribution in [0.4, 0.5) is 5.69 Å². The number of halogens is 1. The van der Waals surface area contributed by atoms with Crippen molar-refractivity contribution >= 4 is 35.0 Å². The van der Waals surface area contributed by atoms with Gasteiger partial charge in [-0.2, -0.15) is 0 Å². The highest BCUT2D eigenvalue weighted by Gasteiger charge is 2.14. The summed E-state index contributed by atoms with van der Waals surface area (Å²) in [7, 11) is 1.34. The molecule has 3 nitrogen and oxygen atoms in total. The van der Waals surface area contributed by atoms with Gasteiger partial charge in [0.25, 0.3) is 0 Å². The number of methoxy groups -OCH3 is 1. The fourth-order valence-electron chi connectivity index (χ4n) is 1.55. The summed E-state index contributed by atoms with van der Waals surface area (Å²) in [5.74, 6) is -0.415. The van der Waals surface area contributed by atoms with Gasteiger partial charge >= 0.3 is 5.97 Å². The van der Waals surface area contributed by atoms with Crippen LogP contribution < -0.4 is 5.73 Å². The zero-order valence-corrected chi connectivity index (χ0v) is 11.8. The second-order valence-electron chi connectivity index (χ2n) is 3.78. The molecule has 0 aromatic heterocycles. The first-order valence-electron chi connectivity index (χ1n) is 5.52. The molecule has 0 fully saturated rings. The Bertz CT molecular complexity index is 616. The smallest absolute Gasteiger partial charge is 0.339 e.